The Morgan fingerprint density at radius 1 is 1.32 bits per heavy atom. The maximum absolute atomic E-state index is 4.52. The molecule has 1 heterocycles. The minimum Gasteiger partial charge on any atom is -0.353 e. The average molecular weight is 310 g/mol. The van der Waals surface area contributed by atoms with Crippen LogP contribution in [0.5, 0.6) is 0 Å². The number of piperidine rings is 1. The molecule has 0 bridgehead atoms. The van der Waals surface area contributed by atoms with Crippen LogP contribution in [0.4, 0.5) is 0 Å². The second-order valence-corrected chi connectivity index (χ2v) is 6.88. The van der Waals surface area contributed by atoms with E-state index in [0.29, 0.717) is 0 Å². The summed E-state index contributed by atoms with van der Waals surface area (Å²) in [6, 6.07) is 0. The van der Waals surface area contributed by atoms with Crippen molar-refractivity contribution < 1.29 is 0 Å². The van der Waals surface area contributed by atoms with Gasteiger partial charge in [-0.1, -0.05) is 20.3 Å². The third kappa shape index (κ3) is 5.95. The number of unbranched alkanes of at least 4 members (excludes halogenated alkanes) is 1. The Bertz CT molecular complexity index is 381. The maximum Gasteiger partial charge on any atom is 0.111 e. The number of aliphatic imine (C=N–C) groups is 1. The minimum atomic E-state index is 0.0896. The van der Waals surface area contributed by atoms with E-state index >= 15 is 0 Å². The van der Waals surface area contributed by atoms with E-state index in [1.54, 1.807) is 0 Å². The van der Waals surface area contributed by atoms with E-state index in [9.17, 15) is 0 Å². The molecule has 1 rings (SSSR count). The molecule has 1 unspecified atom stereocenters. The third-order valence-electron chi connectivity index (χ3n) is 4.58. The Labute approximate surface area is 136 Å². The predicted octanol–water partition coefficient (Wildman–Crippen LogP) is 2.84. The normalized spacial score (nSPS) is 21.5. The van der Waals surface area contributed by atoms with E-state index in [2.05, 4.69) is 60.5 Å². The second-order valence-electron chi connectivity index (χ2n) is 6.88. The van der Waals surface area contributed by atoms with Gasteiger partial charge in [0.05, 0.1) is 0 Å². The first-order valence-corrected chi connectivity index (χ1v) is 8.62. The fraction of sp³-hybridized carbons (Fsp3) is 0.882. The van der Waals surface area contributed by atoms with Gasteiger partial charge in [0.2, 0.25) is 0 Å². The molecule has 5 nitrogen and oxygen atoms in total. The lowest BCUT2D eigenvalue weighted by Gasteiger charge is -2.39. The molecule has 1 aliphatic heterocycles. The number of rotatable bonds is 7. The highest BCUT2D eigenvalue weighted by atomic mass is 15.4. The summed E-state index contributed by atoms with van der Waals surface area (Å²) < 4.78 is 0. The summed E-state index contributed by atoms with van der Waals surface area (Å²) in [7, 11) is 4.07. The molecule has 5 heteroatoms. The molecule has 0 amide bonds. The van der Waals surface area contributed by atoms with Crippen molar-refractivity contribution in [3.63, 3.8) is 0 Å². The lowest BCUT2D eigenvalue weighted by Crippen LogP contribution is -2.51. The first kappa shape index (κ1) is 18.9. The van der Waals surface area contributed by atoms with Crippen LogP contribution < -0.4 is 10.7 Å². The average Bonchev–Trinajstić information content (AvgIpc) is 2.51. The van der Waals surface area contributed by atoms with Crippen LogP contribution in [0.2, 0.25) is 0 Å². The molecule has 1 atom stereocenters. The van der Waals surface area contributed by atoms with Crippen LogP contribution >= 0.6 is 0 Å². The molecule has 0 spiro atoms. The summed E-state index contributed by atoms with van der Waals surface area (Å²) in [6.45, 7) is 11.0. The van der Waals surface area contributed by atoms with Crippen LogP contribution in [0.1, 0.15) is 59.8 Å². The molecule has 22 heavy (non-hydrogen) atoms. The fourth-order valence-electron chi connectivity index (χ4n) is 2.79. The summed E-state index contributed by atoms with van der Waals surface area (Å²) in [6.07, 6.45) is 5.86. The molecule has 1 aliphatic rings. The molecular weight excluding hydrogens is 274 g/mol. The van der Waals surface area contributed by atoms with Crippen molar-refractivity contribution in [2.75, 3.05) is 27.2 Å². The van der Waals surface area contributed by atoms with Crippen LogP contribution in [0.25, 0.3) is 0 Å². The van der Waals surface area contributed by atoms with E-state index in [0.717, 1.165) is 43.9 Å². The zero-order valence-corrected chi connectivity index (χ0v) is 15.4. The fourth-order valence-corrected chi connectivity index (χ4v) is 2.79. The van der Waals surface area contributed by atoms with Crippen molar-refractivity contribution in [2.45, 2.75) is 66.0 Å². The van der Waals surface area contributed by atoms with Crippen molar-refractivity contribution in [3.8, 4) is 0 Å². The lowest BCUT2D eigenvalue weighted by molar-refractivity contribution is 0.190. The Morgan fingerprint density at radius 2 is 1.95 bits per heavy atom. The van der Waals surface area contributed by atoms with Gasteiger partial charge in [0.15, 0.2) is 0 Å². The van der Waals surface area contributed by atoms with E-state index in [4.69, 9.17) is 0 Å². The minimum absolute atomic E-state index is 0.0896. The highest BCUT2D eigenvalue weighted by Crippen LogP contribution is 2.31. The monoisotopic (exact) mass is 309 g/mol. The van der Waals surface area contributed by atoms with Gasteiger partial charge in [-0.2, -0.15) is 5.10 Å². The van der Waals surface area contributed by atoms with E-state index in [-0.39, 0.29) is 11.6 Å². The largest absolute Gasteiger partial charge is 0.353 e. The molecular formula is C17H35N5. The second kappa shape index (κ2) is 9.13. The highest BCUT2D eigenvalue weighted by molar-refractivity contribution is 5.88. The first-order chi connectivity index (χ1) is 10.4. The molecule has 0 saturated carbocycles. The van der Waals surface area contributed by atoms with E-state index < -0.39 is 0 Å². The number of likely N-dealkylation sites (tertiary alicyclic amines) is 1. The number of amidine groups is 1. The Balaban J connectivity index is 2.52. The van der Waals surface area contributed by atoms with Crippen LogP contribution in [0.3, 0.4) is 0 Å². The SMILES string of the molecule is CCCC/C(C)=N/NC(C)N/C(=N\C)C1(C)CCN(C)CC1. The number of hydrogen-bond acceptors (Lipinski definition) is 4. The molecule has 0 aromatic heterocycles. The molecule has 0 radical (unpaired) electrons. The van der Waals surface area contributed by atoms with Gasteiger partial charge in [0.25, 0.3) is 0 Å². The Hall–Kier alpha value is -1.10. The summed E-state index contributed by atoms with van der Waals surface area (Å²) >= 11 is 0. The predicted molar refractivity (Wildman–Crippen MR) is 96.6 cm³/mol. The number of nitrogens with zero attached hydrogens (tertiary/aromatic N) is 3. The molecule has 1 fully saturated rings. The van der Waals surface area contributed by atoms with Crippen molar-refractivity contribution in [3.05, 3.63) is 0 Å². The van der Waals surface area contributed by atoms with Crippen LogP contribution in [-0.2, 0) is 0 Å². The van der Waals surface area contributed by atoms with Gasteiger partial charge < -0.3 is 10.2 Å². The molecule has 2 N–H and O–H groups in total. The van der Waals surface area contributed by atoms with Crippen molar-refractivity contribution in [1.82, 2.24) is 15.6 Å². The quantitative estimate of drug-likeness (QED) is 0.329. The number of nitrogens with one attached hydrogen (secondary N) is 2. The van der Waals surface area contributed by atoms with Gasteiger partial charge in [0, 0.05) is 18.2 Å². The topological polar surface area (TPSA) is 52.0 Å². The van der Waals surface area contributed by atoms with E-state index in [1.807, 2.05) is 7.05 Å². The Morgan fingerprint density at radius 3 is 2.50 bits per heavy atom. The molecule has 0 aliphatic carbocycles. The van der Waals surface area contributed by atoms with Gasteiger partial charge >= 0.3 is 0 Å². The highest BCUT2D eigenvalue weighted by Gasteiger charge is 2.34. The lowest BCUT2D eigenvalue weighted by atomic mass is 9.79. The molecule has 1 saturated heterocycles. The van der Waals surface area contributed by atoms with Crippen molar-refractivity contribution >= 4 is 11.5 Å². The summed E-state index contributed by atoms with van der Waals surface area (Å²) in [5.74, 6) is 1.10. The molecule has 0 aromatic rings. The van der Waals surface area contributed by atoms with Crippen molar-refractivity contribution in [1.29, 1.82) is 0 Å². The molecule has 128 valence electrons. The van der Waals surface area contributed by atoms with E-state index in [1.165, 1.54) is 12.8 Å². The van der Waals surface area contributed by atoms with Crippen LogP contribution in [0.15, 0.2) is 10.1 Å². The zero-order chi connectivity index (χ0) is 16.6. The van der Waals surface area contributed by atoms with Gasteiger partial charge in [-0.3, -0.25) is 10.4 Å². The van der Waals surface area contributed by atoms with Crippen LogP contribution in [-0.4, -0.2) is 49.8 Å². The van der Waals surface area contributed by atoms with Gasteiger partial charge in [-0.15, -0.1) is 0 Å². The zero-order valence-electron chi connectivity index (χ0n) is 15.4. The van der Waals surface area contributed by atoms with Gasteiger partial charge in [0.1, 0.15) is 12.0 Å². The van der Waals surface area contributed by atoms with Gasteiger partial charge in [-0.25, -0.2) is 0 Å². The third-order valence-corrected chi connectivity index (χ3v) is 4.58. The summed E-state index contributed by atoms with van der Waals surface area (Å²) in [4.78, 5) is 6.91. The molecule has 0 aromatic carbocycles. The maximum atomic E-state index is 4.52. The summed E-state index contributed by atoms with van der Waals surface area (Å²) in [5.41, 5.74) is 4.52. The number of hydrazone groups is 1. The Kier molecular flexibility index (Phi) is 7.87. The van der Waals surface area contributed by atoms with Crippen LogP contribution in [0, 0.1) is 5.41 Å². The summed E-state index contributed by atoms with van der Waals surface area (Å²) in [5, 5.41) is 7.99. The number of hydrogen-bond donors (Lipinski definition) is 2. The smallest absolute Gasteiger partial charge is 0.111 e. The standard InChI is InChI=1S/C17H35N5/c1-7-8-9-14(2)20-21-15(3)19-16(18-5)17(4)10-12-22(6)13-11-17/h15,21H,7-13H2,1-6H3,(H,18,19)/b20-14+. The first-order valence-electron chi connectivity index (χ1n) is 8.62. The van der Waals surface area contributed by atoms with Gasteiger partial charge in [-0.05, 0) is 59.7 Å². The van der Waals surface area contributed by atoms with Crippen molar-refractivity contribution in [2.24, 2.45) is 15.5 Å².